The summed E-state index contributed by atoms with van der Waals surface area (Å²) in [7, 11) is 0. The third-order valence-corrected chi connectivity index (χ3v) is 4.81. The molecular formula is C21H19N5O. The maximum Gasteiger partial charge on any atom is 0.240 e. The van der Waals surface area contributed by atoms with E-state index in [1.807, 2.05) is 49.4 Å². The number of carbonyl (C=O) groups excluding carboxylic acids is 1. The van der Waals surface area contributed by atoms with E-state index >= 15 is 0 Å². The van der Waals surface area contributed by atoms with E-state index in [4.69, 9.17) is 10.2 Å². The fourth-order valence-electron chi connectivity index (χ4n) is 2.97. The van der Waals surface area contributed by atoms with Crippen molar-refractivity contribution in [1.29, 1.82) is 5.26 Å². The summed E-state index contributed by atoms with van der Waals surface area (Å²) in [5, 5.41) is 12.0. The van der Waals surface area contributed by atoms with Crippen LogP contribution in [-0.2, 0) is 11.3 Å². The number of nitrogens with one attached hydrogen (secondary N) is 2. The fourth-order valence-corrected chi connectivity index (χ4v) is 2.97. The molecule has 0 saturated heterocycles. The molecule has 0 unspecified atom stereocenters. The summed E-state index contributed by atoms with van der Waals surface area (Å²) in [4.78, 5) is 24.6. The minimum absolute atomic E-state index is 0.224. The zero-order valence-electron chi connectivity index (χ0n) is 15.0. The van der Waals surface area contributed by atoms with Gasteiger partial charge in [0.1, 0.15) is 11.2 Å². The van der Waals surface area contributed by atoms with Crippen LogP contribution in [0.25, 0.3) is 22.6 Å². The number of aromatic amines is 1. The van der Waals surface area contributed by atoms with E-state index in [1.165, 1.54) is 5.56 Å². The number of carbonyl (C=O) groups is 1. The van der Waals surface area contributed by atoms with Crippen molar-refractivity contribution in [3.05, 3.63) is 60.0 Å². The molecule has 1 saturated carbocycles. The maximum absolute atomic E-state index is 12.2. The standard InChI is InChI=1S/C21H19N5O/c1-14-5-7-15(8-6-14)18-19(16-4-2-3-11-23-16)26-17(25-18)12-24-20(27)21(13-22)9-10-21/h2-8,11H,9-10,12H2,1H3,(H,24,27)(H,25,26). The quantitative estimate of drug-likeness (QED) is 0.732. The Morgan fingerprint density at radius 1 is 1.26 bits per heavy atom. The van der Waals surface area contributed by atoms with Gasteiger partial charge >= 0.3 is 0 Å². The molecule has 27 heavy (non-hydrogen) atoms. The number of pyridine rings is 1. The number of aryl methyl sites for hydroxylation is 1. The number of hydrogen-bond donors (Lipinski definition) is 2. The second kappa shape index (κ2) is 6.69. The molecule has 1 aliphatic carbocycles. The van der Waals surface area contributed by atoms with Gasteiger partial charge in [-0.1, -0.05) is 35.9 Å². The number of rotatable bonds is 5. The average Bonchev–Trinajstić information content (AvgIpc) is 3.40. The van der Waals surface area contributed by atoms with Crippen LogP contribution in [0.2, 0.25) is 0 Å². The molecular weight excluding hydrogens is 338 g/mol. The second-order valence-electron chi connectivity index (χ2n) is 6.86. The molecule has 1 aliphatic rings. The third kappa shape index (κ3) is 3.32. The highest BCUT2D eigenvalue weighted by atomic mass is 16.2. The van der Waals surface area contributed by atoms with E-state index in [9.17, 15) is 4.79 Å². The Morgan fingerprint density at radius 2 is 2.04 bits per heavy atom. The van der Waals surface area contributed by atoms with Gasteiger partial charge in [-0.05, 0) is 31.9 Å². The van der Waals surface area contributed by atoms with E-state index in [-0.39, 0.29) is 12.5 Å². The van der Waals surface area contributed by atoms with Crippen LogP contribution in [0.15, 0.2) is 48.7 Å². The summed E-state index contributed by atoms with van der Waals surface area (Å²) >= 11 is 0. The van der Waals surface area contributed by atoms with Crippen LogP contribution < -0.4 is 5.32 Å². The van der Waals surface area contributed by atoms with Gasteiger partial charge in [-0.3, -0.25) is 9.78 Å². The molecule has 2 N–H and O–H groups in total. The maximum atomic E-state index is 12.2. The van der Waals surface area contributed by atoms with Crippen molar-refractivity contribution in [2.75, 3.05) is 0 Å². The number of H-pyrrole nitrogens is 1. The Kier molecular flexibility index (Phi) is 4.21. The molecule has 2 heterocycles. The molecule has 6 heteroatoms. The van der Waals surface area contributed by atoms with Crippen LogP contribution in [0.5, 0.6) is 0 Å². The summed E-state index contributed by atoms with van der Waals surface area (Å²) in [6.45, 7) is 2.28. The molecule has 0 bridgehead atoms. The molecule has 134 valence electrons. The van der Waals surface area contributed by atoms with Gasteiger partial charge in [-0.15, -0.1) is 0 Å². The van der Waals surface area contributed by atoms with Crippen LogP contribution >= 0.6 is 0 Å². The SMILES string of the molecule is Cc1ccc(-c2nc(CNC(=O)C3(C#N)CC3)[nH]c2-c2ccccn2)cc1. The van der Waals surface area contributed by atoms with Gasteiger partial charge in [0.15, 0.2) is 0 Å². The van der Waals surface area contributed by atoms with Crippen molar-refractivity contribution >= 4 is 5.91 Å². The minimum atomic E-state index is -0.837. The highest BCUT2D eigenvalue weighted by Crippen LogP contribution is 2.45. The van der Waals surface area contributed by atoms with Crippen molar-refractivity contribution < 1.29 is 4.79 Å². The van der Waals surface area contributed by atoms with E-state index in [0.29, 0.717) is 18.7 Å². The molecule has 1 amide bonds. The van der Waals surface area contributed by atoms with Gasteiger partial charge in [0.2, 0.25) is 5.91 Å². The number of hydrogen-bond acceptors (Lipinski definition) is 4. The predicted octanol–water partition coefficient (Wildman–Crippen LogP) is 3.37. The van der Waals surface area contributed by atoms with Crippen molar-refractivity contribution in [3.63, 3.8) is 0 Å². The van der Waals surface area contributed by atoms with E-state index < -0.39 is 5.41 Å². The largest absolute Gasteiger partial charge is 0.347 e. The Labute approximate surface area is 157 Å². The molecule has 2 aromatic heterocycles. The molecule has 4 rings (SSSR count). The normalized spacial score (nSPS) is 14.4. The zero-order chi connectivity index (χ0) is 18.9. The van der Waals surface area contributed by atoms with Gasteiger partial charge in [0.25, 0.3) is 0 Å². The molecule has 0 radical (unpaired) electrons. The number of benzene rings is 1. The van der Waals surface area contributed by atoms with Crippen LogP contribution in [0.1, 0.15) is 24.2 Å². The first-order valence-corrected chi connectivity index (χ1v) is 8.88. The lowest BCUT2D eigenvalue weighted by Gasteiger charge is -2.06. The number of nitriles is 1. The van der Waals surface area contributed by atoms with Crippen LogP contribution in [0, 0.1) is 23.7 Å². The highest BCUT2D eigenvalue weighted by molar-refractivity contribution is 5.88. The first kappa shape index (κ1) is 17.0. The number of amides is 1. The summed E-state index contributed by atoms with van der Waals surface area (Å²) in [6, 6.07) is 15.9. The molecule has 6 nitrogen and oxygen atoms in total. The summed E-state index contributed by atoms with van der Waals surface area (Å²) < 4.78 is 0. The van der Waals surface area contributed by atoms with Gasteiger partial charge in [0, 0.05) is 11.8 Å². The molecule has 3 aromatic rings. The summed E-state index contributed by atoms with van der Waals surface area (Å²) in [5.41, 5.74) is 3.70. The van der Waals surface area contributed by atoms with Gasteiger partial charge in [-0.2, -0.15) is 5.26 Å². The second-order valence-corrected chi connectivity index (χ2v) is 6.86. The van der Waals surface area contributed by atoms with E-state index in [1.54, 1.807) is 6.20 Å². The monoisotopic (exact) mass is 357 g/mol. The van der Waals surface area contributed by atoms with Gasteiger partial charge < -0.3 is 10.3 Å². The van der Waals surface area contributed by atoms with Crippen LogP contribution in [-0.4, -0.2) is 20.9 Å². The van der Waals surface area contributed by atoms with Crippen molar-refractivity contribution in [1.82, 2.24) is 20.3 Å². The summed E-state index contributed by atoms with van der Waals surface area (Å²) in [6.07, 6.45) is 2.99. The Hall–Kier alpha value is -3.46. The highest BCUT2D eigenvalue weighted by Gasteiger charge is 2.50. The number of imidazole rings is 1. The van der Waals surface area contributed by atoms with Crippen molar-refractivity contribution in [2.45, 2.75) is 26.3 Å². The zero-order valence-corrected chi connectivity index (χ0v) is 15.0. The molecule has 1 aromatic carbocycles. The van der Waals surface area contributed by atoms with Gasteiger partial charge in [-0.25, -0.2) is 4.98 Å². The lowest BCUT2D eigenvalue weighted by atomic mass is 10.1. The molecule has 0 aliphatic heterocycles. The first-order valence-electron chi connectivity index (χ1n) is 8.88. The Morgan fingerprint density at radius 3 is 2.67 bits per heavy atom. The topological polar surface area (TPSA) is 94.5 Å². The minimum Gasteiger partial charge on any atom is -0.347 e. The molecule has 0 spiro atoms. The lowest BCUT2D eigenvalue weighted by molar-refractivity contribution is -0.124. The Balaban J connectivity index is 1.65. The predicted molar refractivity (Wildman–Crippen MR) is 101 cm³/mol. The third-order valence-electron chi connectivity index (χ3n) is 4.81. The summed E-state index contributed by atoms with van der Waals surface area (Å²) in [5.74, 6) is 0.408. The number of aromatic nitrogens is 3. The molecule has 1 fully saturated rings. The smallest absolute Gasteiger partial charge is 0.240 e. The fraction of sp³-hybridized carbons (Fsp3) is 0.238. The van der Waals surface area contributed by atoms with Crippen LogP contribution in [0.4, 0.5) is 0 Å². The average molecular weight is 357 g/mol. The molecule has 0 atom stereocenters. The van der Waals surface area contributed by atoms with E-state index in [2.05, 4.69) is 21.4 Å². The first-order chi connectivity index (χ1) is 13.1. The van der Waals surface area contributed by atoms with E-state index in [0.717, 1.165) is 22.6 Å². The van der Waals surface area contributed by atoms with Crippen LogP contribution in [0.3, 0.4) is 0 Å². The van der Waals surface area contributed by atoms with Crippen molar-refractivity contribution in [2.24, 2.45) is 5.41 Å². The lowest BCUT2D eigenvalue weighted by Crippen LogP contribution is -2.31. The van der Waals surface area contributed by atoms with Crippen molar-refractivity contribution in [3.8, 4) is 28.7 Å². The van der Waals surface area contributed by atoms with Gasteiger partial charge in [0.05, 0.1) is 29.7 Å². The Bertz CT molecular complexity index is 1010. The number of nitrogens with zero attached hydrogens (tertiary/aromatic N) is 3.